The second-order valence-corrected chi connectivity index (χ2v) is 4.49. The minimum atomic E-state index is -0.0924. The lowest BCUT2D eigenvalue weighted by atomic mass is 10.1. The maximum atomic E-state index is 11.9. The van der Waals surface area contributed by atoms with Gasteiger partial charge in [-0.3, -0.25) is 4.79 Å². The minimum Gasteiger partial charge on any atom is -0.424 e. The molecule has 0 saturated heterocycles. The van der Waals surface area contributed by atoms with Gasteiger partial charge in [0.15, 0.2) is 5.76 Å². The van der Waals surface area contributed by atoms with Crippen LogP contribution in [0.15, 0.2) is 34.9 Å². The summed E-state index contributed by atoms with van der Waals surface area (Å²) in [6.07, 6.45) is 1.63. The summed E-state index contributed by atoms with van der Waals surface area (Å²) in [5.41, 5.74) is 1.43. The Balaban J connectivity index is 2.26. The first-order chi connectivity index (χ1) is 9.10. The lowest BCUT2D eigenvalue weighted by Gasteiger charge is -2.08. The SMILES string of the molecule is CNc1ncc(-c2cccc(C(=O)NC(C)C)c2)o1. The Morgan fingerprint density at radius 2 is 2.16 bits per heavy atom. The van der Waals surface area contributed by atoms with Crippen LogP contribution in [0, 0.1) is 0 Å². The topological polar surface area (TPSA) is 67.2 Å². The van der Waals surface area contributed by atoms with Gasteiger partial charge in [0.1, 0.15) is 0 Å². The third-order valence-corrected chi connectivity index (χ3v) is 2.55. The summed E-state index contributed by atoms with van der Waals surface area (Å²) in [6, 6.07) is 7.83. The highest BCUT2D eigenvalue weighted by molar-refractivity contribution is 5.95. The molecule has 1 heterocycles. The van der Waals surface area contributed by atoms with E-state index in [1.54, 1.807) is 25.4 Å². The summed E-state index contributed by atoms with van der Waals surface area (Å²) in [4.78, 5) is 16.0. The van der Waals surface area contributed by atoms with E-state index >= 15 is 0 Å². The highest BCUT2D eigenvalue weighted by Crippen LogP contribution is 2.23. The molecule has 0 atom stereocenters. The zero-order valence-corrected chi connectivity index (χ0v) is 11.2. The molecule has 2 rings (SSSR count). The standard InChI is InChI=1S/C14H17N3O2/c1-9(2)17-13(18)11-6-4-5-10(7-11)12-8-16-14(15-3)19-12/h4-9H,1-3H3,(H,15,16)(H,17,18). The second kappa shape index (κ2) is 5.56. The zero-order valence-electron chi connectivity index (χ0n) is 11.2. The fraction of sp³-hybridized carbons (Fsp3) is 0.286. The lowest BCUT2D eigenvalue weighted by Crippen LogP contribution is -2.29. The molecule has 1 amide bonds. The van der Waals surface area contributed by atoms with E-state index in [1.807, 2.05) is 26.0 Å². The molecular formula is C14H17N3O2. The second-order valence-electron chi connectivity index (χ2n) is 4.49. The Hall–Kier alpha value is -2.30. The molecule has 0 aliphatic rings. The molecule has 5 nitrogen and oxygen atoms in total. The zero-order chi connectivity index (χ0) is 13.8. The average molecular weight is 259 g/mol. The van der Waals surface area contributed by atoms with Crippen LogP contribution in [0.25, 0.3) is 11.3 Å². The summed E-state index contributed by atoms with van der Waals surface area (Å²) < 4.78 is 5.48. The van der Waals surface area contributed by atoms with Gasteiger partial charge < -0.3 is 15.1 Å². The van der Waals surface area contributed by atoms with Crippen molar-refractivity contribution in [2.75, 3.05) is 12.4 Å². The number of rotatable bonds is 4. The minimum absolute atomic E-state index is 0.0924. The van der Waals surface area contributed by atoms with E-state index < -0.39 is 0 Å². The number of hydrogen-bond donors (Lipinski definition) is 2. The number of anilines is 1. The lowest BCUT2D eigenvalue weighted by molar-refractivity contribution is 0.0943. The Morgan fingerprint density at radius 3 is 2.79 bits per heavy atom. The van der Waals surface area contributed by atoms with E-state index in [2.05, 4.69) is 15.6 Å². The van der Waals surface area contributed by atoms with E-state index in [-0.39, 0.29) is 11.9 Å². The number of nitrogens with one attached hydrogen (secondary N) is 2. The van der Waals surface area contributed by atoms with Crippen molar-refractivity contribution in [1.82, 2.24) is 10.3 Å². The van der Waals surface area contributed by atoms with Gasteiger partial charge in [-0.1, -0.05) is 12.1 Å². The molecule has 5 heteroatoms. The van der Waals surface area contributed by atoms with Crippen LogP contribution < -0.4 is 10.6 Å². The Bertz CT molecular complexity index is 576. The van der Waals surface area contributed by atoms with E-state index in [0.29, 0.717) is 17.3 Å². The van der Waals surface area contributed by atoms with Crippen molar-refractivity contribution >= 4 is 11.9 Å². The van der Waals surface area contributed by atoms with Crippen molar-refractivity contribution in [1.29, 1.82) is 0 Å². The molecule has 19 heavy (non-hydrogen) atoms. The molecule has 0 bridgehead atoms. The van der Waals surface area contributed by atoms with Gasteiger partial charge >= 0.3 is 0 Å². The van der Waals surface area contributed by atoms with Gasteiger partial charge in [0.25, 0.3) is 11.9 Å². The molecule has 0 aliphatic heterocycles. The quantitative estimate of drug-likeness (QED) is 0.885. The number of benzene rings is 1. The van der Waals surface area contributed by atoms with Crippen LogP contribution in [-0.2, 0) is 0 Å². The Morgan fingerprint density at radius 1 is 1.37 bits per heavy atom. The third kappa shape index (κ3) is 3.13. The molecule has 100 valence electrons. The van der Waals surface area contributed by atoms with Crippen molar-refractivity contribution in [3.05, 3.63) is 36.0 Å². The van der Waals surface area contributed by atoms with Crippen molar-refractivity contribution in [3.63, 3.8) is 0 Å². The van der Waals surface area contributed by atoms with Crippen molar-refractivity contribution < 1.29 is 9.21 Å². The van der Waals surface area contributed by atoms with Gasteiger partial charge in [-0.05, 0) is 26.0 Å². The van der Waals surface area contributed by atoms with Crippen LogP contribution in [0.1, 0.15) is 24.2 Å². The van der Waals surface area contributed by atoms with Crippen LogP contribution in [0.3, 0.4) is 0 Å². The maximum Gasteiger partial charge on any atom is 0.294 e. The molecule has 2 N–H and O–H groups in total. The Kier molecular flexibility index (Phi) is 3.85. The number of nitrogens with zero attached hydrogens (tertiary/aromatic N) is 1. The molecule has 0 spiro atoms. The van der Waals surface area contributed by atoms with Crippen LogP contribution in [0.5, 0.6) is 0 Å². The van der Waals surface area contributed by atoms with Crippen molar-refractivity contribution in [3.8, 4) is 11.3 Å². The first-order valence-electron chi connectivity index (χ1n) is 6.15. The van der Waals surface area contributed by atoms with E-state index in [9.17, 15) is 4.79 Å². The van der Waals surface area contributed by atoms with Crippen molar-refractivity contribution in [2.45, 2.75) is 19.9 Å². The monoisotopic (exact) mass is 259 g/mol. The van der Waals surface area contributed by atoms with E-state index in [0.717, 1.165) is 5.56 Å². The molecule has 2 aromatic rings. The summed E-state index contributed by atoms with van der Waals surface area (Å²) >= 11 is 0. The number of oxazole rings is 1. The molecule has 0 saturated carbocycles. The van der Waals surface area contributed by atoms with Gasteiger partial charge in [0.2, 0.25) is 0 Å². The first-order valence-corrected chi connectivity index (χ1v) is 6.15. The van der Waals surface area contributed by atoms with Crippen LogP contribution in [-0.4, -0.2) is 24.0 Å². The summed E-state index contributed by atoms with van der Waals surface area (Å²) in [5.74, 6) is 0.536. The molecule has 1 aromatic heterocycles. The summed E-state index contributed by atoms with van der Waals surface area (Å²) in [6.45, 7) is 3.86. The fourth-order valence-corrected chi connectivity index (χ4v) is 1.68. The van der Waals surface area contributed by atoms with Gasteiger partial charge in [-0.25, -0.2) is 4.98 Å². The fourth-order valence-electron chi connectivity index (χ4n) is 1.68. The third-order valence-electron chi connectivity index (χ3n) is 2.55. The molecule has 0 aliphatic carbocycles. The van der Waals surface area contributed by atoms with Crippen LogP contribution in [0.4, 0.5) is 6.01 Å². The Labute approximate surface area is 112 Å². The first kappa shape index (κ1) is 13.1. The maximum absolute atomic E-state index is 11.9. The molecular weight excluding hydrogens is 242 g/mol. The molecule has 0 unspecified atom stereocenters. The van der Waals surface area contributed by atoms with Gasteiger partial charge in [-0.2, -0.15) is 0 Å². The number of amides is 1. The number of hydrogen-bond acceptors (Lipinski definition) is 4. The molecule has 0 radical (unpaired) electrons. The molecule has 1 aromatic carbocycles. The smallest absolute Gasteiger partial charge is 0.294 e. The predicted molar refractivity (Wildman–Crippen MR) is 74.1 cm³/mol. The highest BCUT2D eigenvalue weighted by atomic mass is 16.4. The van der Waals surface area contributed by atoms with E-state index in [4.69, 9.17) is 4.42 Å². The summed E-state index contributed by atoms with van der Waals surface area (Å²) in [5, 5.41) is 5.68. The van der Waals surface area contributed by atoms with Gasteiger partial charge in [-0.15, -0.1) is 0 Å². The molecule has 0 fully saturated rings. The van der Waals surface area contributed by atoms with Crippen molar-refractivity contribution in [2.24, 2.45) is 0 Å². The van der Waals surface area contributed by atoms with E-state index in [1.165, 1.54) is 0 Å². The largest absolute Gasteiger partial charge is 0.424 e. The van der Waals surface area contributed by atoms with Crippen LogP contribution in [0.2, 0.25) is 0 Å². The van der Waals surface area contributed by atoms with Crippen LogP contribution >= 0.6 is 0 Å². The van der Waals surface area contributed by atoms with Gasteiger partial charge in [0, 0.05) is 24.2 Å². The summed E-state index contributed by atoms with van der Waals surface area (Å²) in [7, 11) is 1.74. The normalized spacial score (nSPS) is 10.5. The number of carbonyl (C=O) groups excluding carboxylic acids is 1. The average Bonchev–Trinajstić information content (AvgIpc) is 2.87. The number of aromatic nitrogens is 1. The number of carbonyl (C=O) groups is 1. The predicted octanol–water partition coefficient (Wildman–Crippen LogP) is 2.52. The highest BCUT2D eigenvalue weighted by Gasteiger charge is 2.10. The van der Waals surface area contributed by atoms with Gasteiger partial charge in [0.05, 0.1) is 6.20 Å².